The second kappa shape index (κ2) is 9.91. The number of amides is 1. The van der Waals surface area contributed by atoms with Gasteiger partial charge in [-0.1, -0.05) is 43.2 Å². The van der Waals surface area contributed by atoms with Gasteiger partial charge in [-0.3, -0.25) is 14.4 Å². The van der Waals surface area contributed by atoms with Gasteiger partial charge in [0.15, 0.2) is 6.10 Å². The first-order valence-corrected chi connectivity index (χ1v) is 8.80. The molecule has 2 N–H and O–H groups in total. The van der Waals surface area contributed by atoms with E-state index in [1.807, 2.05) is 30.3 Å². The minimum absolute atomic E-state index is 0.157. The highest BCUT2D eigenvalue weighted by atomic mass is 16.5. The number of aliphatic carboxylic acids is 1. The highest BCUT2D eigenvalue weighted by Crippen LogP contribution is 2.23. The second-order valence-electron chi connectivity index (χ2n) is 6.43. The van der Waals surface area contributed by atoms with Crippen LogP contribution in [0.3, 0.4) is 0 Å². The maximum atomic E-state index is 12.4. The van der Waals surface area contributed by atoms with Crippen LogP contribution >= 0.6 is 0 Å². The van der Waals surface area contributed by atoms with Crippen LogP contribution in [0.5, 0.6) is 0 Å². The van der Waals surface area contributed by atoms with E-state index < -0.39 is 30.4 Å². The van der Waals surface area contributed by atoms with Gasteiger partial charge in [0.1, 0.15) is 0 Å². The van der Waals surface area contributed by atoms with Crippen molar-refractivity contribution in [3.8, 4) is 0 Å². The van der Waals surface area contributed by atoms with Crippen LogP contribution in [-0.4, -0.2) is 41.2 Å². The van der Waals surface area contributed by atoms with Gasteiger partial charge in [-0.15, -0.1) is 0 Å². The molecule has 142 valence electrons. The Morgan fingerprint density at radius 2 is 1.88 bits per heavy atom. The molecule has 2 rings (SSSR count). The normalized spacial score (nSPS) is 20.8. The van der Waals surface area contributed by atoms with Crippen molar-refractivity contribution >= 4 is 17.8 Å². The Hall–Kier alpha value is -2.41. The minimum atomic E-state index is -1.33. The molecule has 1 saturated carbocycles. The third-order valence-electron chi connectivity index (χ3n) is 4.30. The Bertz CT molecular complexity index is 602. The van der Waals surface area contributed by atoms with Crippen molar-refractivity contribution in [3.05, 3.63) is 35.9 Å². The van der Waals surface area contributed by atoms with Gasteiger partial charge in [-0.2, -0.15) is 0 Å². The third-order valence-corrected chi connectivity index (χ3v) is 4.30. The van der Waals surface area contributed by atoms with Crippen molar-refractivity contribution in [2.24, 2.45) is 0 Å². The molecule has 1 aromatic rings. The lowest BCUT2D eigenvalue weighted by Gasteiger charge is -2.33. The molecule has 3 atom stereocenters. The molecule has 7 heteroatoms. The predicted molar refractivity (Wildman–Crippen MR) is 93.2 cm³/mol. The molecule has 1 aromatic carbocycles. The number of carboxylic acid groups (broad SMARTS) is 1. The van der Waals surface area contributed by atoms with Crippen molar-refractivity contribution in [3.63, 3.8) is 0 Å². The van der Waals surface area contributed by atoms with Gasteiger partial charge in [0.05, 0.1) is 25.2 Å². The topological polar surface area (TPSA) is 102 Å². The van der Waals surface area contributed by atoms with E-state index in [2.05, 4.69) is 5.32 Å². The molecule has 3 unspecified atom stereocenters. The first kappa shape index (κ1) is 19.9. The molecule has 26 heavy (non-hydrogen) atoms. The number of hydrogen-bond acceptors (Lipinski definition) is 5. The molecule has 0 radical (unpaired) electrons. The average molecular weight is 363 g/mol. The lowest BCUT2D eigenvalue weighted by molar-refractivity contribution is -0.158. The molecule has 1 amide bonds. The van der Waals surface area contributed by atoms with Crippen LogP contribution in [0.15, 0.2) is 30.3 Å². The van der Waals surface area contributed by atoms with Crippen LogP contribution < -0.4 is 5.32 Å². The number of rotatable bonds is 8. The third kappa shape index (κ3) is 6.48. The first-order chi connectivity index (χ1) is 12.5. The van der Waals surface area contributed by atoms with E-state index in [0.29, 0.717) is 6.61 Å². The van der Waals surface area contributed by atoms with Crippen molar-refractivity contribution in [1.29, 1.82) is 0 Å². The number of hydrogen-bond donors (Lipinski definition) is 2. The smallest absolute Gasteiger partial charge is 0.307 e. The largest absolute Gasteiger partial charge is 0.481 e. The summed E-state index contributed by atoms with van der Waals surface area (Å²) in [4.78, 5) is 34.4. The molecule has 1 fully saturated rings. The Labute approximate surface area is 152 Å². The summed E-state index contributed by atoms with van der Waals surface area (Å²) in [6.45, 7) is 1.59. The number of carbonyl (C=O) groups is 3. The maximum absolute atomic E-state index is 12.4. The van der Waals surface area contributed by atoms with E-state index in [-0.39, 0.29) is 12.1 Å². The average Bonchev–Trinajstić information content (AvgIpc) is 2.60. The van der Waals surface area contributed by atoms with Crippen LogP contribution in [0.2, 0.25) is 0 Å². The van der Waals surface area contributed by atoms with Crippen molar-refractivity contribution in [1.82, 2.24) is 5.32 Å². The highest BCUT2D eigenvalue weighted by Gasteiger charge is 2.31. The van der Waals surface area contributed by atoms with Crippen LogP contribution in [0.25, 0.3) is 0 Å². The van der Waals surface area contributed by atoms with Crippen LogP contribution in [-0.2, 0) is 30.5 Å². The summed E-state index contributed by atoms with van der Waals surface area (Å²) in [5.41, 5.74) is 1.05. The number of carboxylic acids is 1. The standard InChI is InChI=1S/C19H25NO6/c1-13(21)26-17(11-18(22)23)19(24)20-15-9-5-6-10-16(15)25-12-14-7-3-2-4-8-14/h2-4,7-8,15-17H,5-6,9-12H2,1H3,(H,20,24)(H,22,23). The summed E-state index contributed by atoms with van der Waals surface area (Å²) < 4.78 is 10.8. The van der Waals surface area contributed by atoms with Gasteiger partial charge in [-0.25, -0.2) is 0 Å². The van der Waals surface area contributed by atoms with Crippen molar-refractivity contribution in [2.75, 3.05) is 0 Å². The summed E-state index contributed by atoms with van der Waals surface area (Å²) in [5.74, 6) is -2.48. The molecule has 0 heterocycles. The van der Waals surface area contributed by atoms with Crippen LogP contribution in [0.4, 0.5) is 0 Å². The van der Waals surface area contributed by atoms with Gasteiger partial charge < -0.3 is 19.9 Å². The fraction of sp³-hybridized carbons (Fsp3) is 0.526. The lowest BCUT2D eigenvalue weighted by atomic mass is 9.92. The molecular formula is C19H25NO6. The summed E-state index contributed by atoms with van der Waals surface area (Å²) in [6, 6.07) is 9.53. The molecule has 0 saturated heterocycles. The number of ether oxygens (including phenoxy) is 2. The van der Waals surface area contributed by atoms with Gasteiger partial charge in [0.2, 0.25) is 0 Å². The number of nitrogens with one attached hydrogen (secondary N) is 1. The molecule has 0 aromatic heterocycles. The van der Waals surface area contributed by atoms with Gasteiger partial charge in [0.25, 0.3) is 5.91 Å². The molecule has 0 bridgehead atoms. The van der Waals surface area contributed by atoms with Gasteiger partial charge >= 0.3 is 11.9 Å². The summed E-state index contributed by atoms with van der Waals surface area (Å²) in [6.07, 6.45) is 1.47. The zero-order valence-electron chi connectivity index (χ0n) is 14.8. The fourth-order valence-corrected chi connectivity index (χ4v) is 3.06. The summed E-state index contributed by atoms with van der Waals surface area (Å²) >= 11 is 0. The van der Waals surface area contributed by atoms with E-state index in [9.17, 15) is 14.4 Å². The Kier molecular flexibility index (Phi) is 7.59. The molecule has 7 nitrogen and oxygen atoms in total. The van der Waals surface area contributed by atoms with Crippen LogP contribution in [0, 0.1) is 0 Å². The highest BCUT2D eigenvalue weighted by molar-refractivity contribution is 5.87. The zero-order chi connectivity index (χ0) is 18.9. The molecular weight excluding hydrogens is 338 g/mol. The molecule has 0 spiro atoms. The van der Waals surface area contributed by atoms with E-state index in [0.717, 1.165) is 38.2 Å². The summed E-state index contributed by atoms with van der Waals surface area (Å²) in [7, 11) is 0. The quantitative estimate of drug-likeness (QED) is 0.685. The fourth-order valence-electron chi connectivity index (χ4n) is 3.06. The van der Waals surface area contributed by atoms with E-state index in [1.54, 1.807) is 0 Å². The van der Waals surface area contributed by atoms with E-state index in [4.69, 9.17) is 14.6 Å². The summed E-state index contributed by atoms with van der Waals surface area (Å²) in [5, 5.41) is 11.7. The van der Waals surface area contributed by atoms with E-state index in [1.165, 1.54) is 0 Å². The molecule has 1 aliphatic rings. The van der Waals surface area contributed by atoms with Gasteiger partial charge in [-0.05, 0) is 18.4 Å². The van der Waals surface area contributed by atoms with Gasteiger partial charge in [0, 0.05) is 6.92 Å². The molecule has 0 aliphatic heterocycles. The Balaban J connectivity index is 1.95. The number of esters is 1. The maximum Gasteiger partial charge on any atom is 0.307 e. The number of carbonyl (C=O) groups excluding carboxylic acids is 2. The van der Waals surface area contributed by atoms with Crippen molar-refractivity contribution in [2.45, 2.75) is 63.9 Å². The Morgan fingerprint density at radius 1 is 1.19 bits per heavy atom. The van der Waals surface area contributed by atoms with E-state index >= 15 is 0 Å². The SMILES string of the molecule is CC(=O)OC(CC(=O)O)C(=O)NC1CCCCC1OCc1ccccc1. The monoisotopic (exact) mass is 363 g/mol. The predicted octanol–water partition coefficient (Wildman–Crippen LogP) is 2.04. The zero-order valence-corrected chi connectivity index (χ0v) is 14.8. The number of benzene rings is 1. The lowest BCUT2D eigenvalue weighted by Crippen LogP contribution is -2.50. The molecule has 1 aliphatic carbocycles. The van der Waals surface area contributed by atoms with Crippen LogP contribution in [0.1, 0.15) is 44.6 Å². The first-order valence-electron chi connectivity index (χ1n) is 8.80. The Morgan fingerprint density at radius 3 is 2.54 bits per heavy atom. The van der Waals surface area contributed by atoms with Crippen molar-refractivity contribution < 1.29 is 29.0 Å². The minimum Gasteiger partial charge on any atom is -0.481 e. The second-order valence-corrected chi connectivity index (χ2v) is 6.43.